The molecule has 1 heterocycles. The van der Waals surface area contributed by atoms with E-state index in [1.807, 2.05) is 32.9 Å². The minimum Gasteiger partial charge on any atom is -0.494 e. The molecule has 5 atom stereocenters. The quantitative estimate of drug-likeness (QED) is 0.147. The van der Waals surface area contributed by atoms with Crippen molar-refractivity contribution in [3.8, 4) is 11.5 Å². The van der Waals surface area contributed by atoms with Gasteiger partial charge in [-0.15, -0.1) is 0 Å². The lowest BCUT2D eigenvalue weighted by Crippen LogP contribution is -2.28. The molecular weight excluding hydrogens is 516 g/mol. The number of rotatable bonds is 15. The number of hydrogen-bond donors (Lipinski definition) is 2. The van der Waals surface area contributed by atoms with Gasteiger partial charge in [-0.1, -0.05) is 57.8 Å². The molecule has 1 aromatic rings. The van der Waals surface area contributed by atoms with Crippen LogP contribution >= 0.6 is 0 Å². The van der Waals surface area contributed by atoms with Gasteiger partial charge in [0.25, 0.3) is 0 Å². The standard InChI is InChI=1S/C30H48O8Si/c1-20(22(3)31)13-14-21(2)28-25(37-30(4,5)38-28)12-10-11-23-17-24(35-15-16-39(7,8)9)18-26(36-19-34-6)27(23)29(32)33/h10-11,13-14,17-18,20-22,25,28,31H,12,15-16,19H2,1-9H3,(H,32,33)/b11-10+,14-13-/t20-,21?,22+,25+,28-/m1/s1. The first kappa shape index (κ1) is 33.0. The van der Waals surface area contributed by atoms with Crippen LogP contribution in [0.15, 0.2) is 30.4 Å². The number of hydrogen-bond acceptors (Lipinski definition) is 7. The van der Waals surface area contributed by atoms with E-state index >= 15 is 0 Å². The van der Waals surface area contributed by atoms with Crippen molar-refractivity contribution in [2.75, 3.05) is 20.5 Å². The summed E-state index contributed by atoms with van der Waals surface area (Å²) in [7, 11) is 0.187. The summed E-state index contributed by atoms with van der Waals surface area (Å²) in [5.41, 5.74) is 0.525. The van der Waals surface area contributed by atoms with Crippen molar-refractivity contribution in [1.29, 1.82) is 0 Å². The number of aliphatic hydroxyl groups excluding tert-OH is 1. The fourth-order valence-corrected chi connectivity index (χ4v) is 4.92. The van der Waals surface area contributed by atoms with Crippen molar-refractivity contribution < 1.29 is 38.7 Å². The molecule has 0 amide bonds. The minimum atomic E-state index is -1.30. The maximum atomic E-state index is 12.2. The SMILES string of the molecule is COCOc1cc(OCC[Si](C)(C)C)cc(/C=C/C[C@@H]2OC(C)(C)O[C@@H]2C(C)/C=C\[C@@H](C)[C@H](C)O)c1C(=O)O. The molecule has 0 saturated carbocycles. The van der Waals surface area contributed by atoms with E-state index in [2.05, 4.69) is 32.6 Å². The molecular formula is C30H48O8Si. The van der Waals surface area contributed by atoms with Gasteiger partial charge in [-0.3, -0.25) is 0 Å². The van der Waals surface area contributed by atoms with Gasteiger partial charge in [0.05, 0.1) is 24.9 Å². The number of carboxylic acids is 1. The van der Waals surface area contributed by atoms with Crippen LogP contribution in [0.25, 0.3) is 6.08 Å². The summed E-state index contributed by atoms with van der Waals surface area (Å²) < 4.78 is 29.1. The molecule has 39 heavy (non-hydrogen) atoms. The summed E-state index contributed by atoms with van der Waals surface area (Å²) in [5.74, 6) is -1.00. The van der Waals surface area contributed by atoms with Crippen LogP contribution in [0.1, 0.15) is 57.0 Å². The molecule has 220 valence electrons. The molecule has 0 spiro atoms. The lowest BCUT2D eigenvalue weighted by Gasteiger charge is -2.21. The fourth-order valence-electron chi connectivity index (χ4n) is 4.21. The molecule has 2 N–H and O–H groups in total. The Bertz CT molecular complexity index is 995. The Morgan fingerprint density at radius 2 is 1.82 bits per heavy atom. The summed E-state index contributed by atoms with van der Waals surface area (Å²) in [6.07, 6.45) is 7.41. The van der Waals surface area contributed by atoms with Crippen LogP contribution in [-0.4, -0.2) is 68.9 Å². The lowest BCUT2D eigenvalue weighted by atomic mass is 9.94. The number of methoxy groups -OCH3 is 1. The third-order valence-corrected chi connectivity index (χ3v) is 8.36. The highest BCUT2D eigenvalue weighted by atomic mass is 28.3. The smallest absolute Gasteiger partial charge is 0.340 e. The van der Waals surface area contributed by atoms with Crippen LogP contribution in [0, 0.1) is 11.8 Å². The monoisotopic (exact) mass is 564 g/mol. The highest BCUT2D eigenvalue weighted by Gasteiger charge is 2.42. The molecule has 0 aromatic heterocycles. The van der Waals surface area contributed by atoms with Gasteiger partial charge in [-0.05, 0) is 50.8 Å². The fraction of sp³-hybridized carbons (Fsp3) is 0.633. The van der Waals surface area contributed by atoms with Gasteiger partial charge < -0.3 is 33.9 Å². The maximum absolute atomic E-state index is 12.2. The first-order valence-electron chi connectivity index (χ1n) is 13.7. The molecule has 1 aliphatic rings. The number of aromatic carboxylic acids is 1. The topological polar surface area (TPSA) is 104 Å². The van der Waals surface area contributed by atoms with Crippen molar-refractivity contribution in [2.24, 2.45) is 11.8 Å². The van der Waals surface area contributed by atoms with E-state index in [1.165, 1.54) is 7.11 Å². The molecule has 8 nitrogen and oxygen atoms in total. The van der Waals surface area contributed by atoms with E-state index in [-0.39, 0.29) is 42.1 Å². The van der Waals surface area contributed by atoms with Crippen LogP contribution < -0.4 is 9.47 Å². The van der Waals surface area contributed by atoms with Gasteiger partial charge in [0.2, 0.25) is 0 Å². The highest BCUT2D eigenvalue weighted by Crippen LogP contribution is 2.36. The Balaban J connectivity index is 2.30. The van der Waals surface area contributed by atoms with Crippen molar-refractivity contribution in [1.82, 2.24) is 0 Å². The molecule has 1 aliphatic heterocycles. The predicted octanol–water partition coefficient (Wildman–Crippen LogP) is 6.22. The summed E-state index contributed by atoms with van der Waals surface area (Å²) in [5, 5.41) is 19.8. The van der Waals surface area contributed by atoms with Crippen LogP contribution in [0.2, 0.25) is 25.7 Å². The van der Waals surface area contributed by atoms with Crippen molar-refractivity contribution in [3.63, 3.8) is 0 Å². The van der Waals surface area contributed by atoms with Gasteiger partial charge >= 0.3 is 5.97 Å². The van der Waals surface area contributed by atoms with E-state index in [4.69, 9.17) is 23.7 Å². The number of ether oxygens (including phenoxy) is 5. The Kier molecular flexibility index (Phi) is 12.2. The number of carbonyl (C=O) groups is 1. The molecule has 0 aliphatic carbocycles. The summed E-state index contributed by atoms with van der Waals surface area (Å²) >= 11 is 0. The van der Waals surface area contributed by atoms with Crippen LogP contribution in [0.4, 0.5) is 0 Å². The minimum absolute atomic E-state index is 0.0327. The van der Waals surface area contributed by atoms with Crippen molar-refractivity contribution in [2.45, 2.75) is 90.8 Å². The molecule has 1 aromatic carbocycles. The molecule has 0 bridgehead atoms. The molecule has 1 saturated heterocycles. The Hall–Kier alpha value is -2.17. The van der Waals surface area contributed by atoms with Crippen LogP contribution in [0.3, 0.4) is 0 Å². The summed E-state index contributed by atoms with van der Waals surface area (Å²) in [4.78, 5) is 12.2. The molecule has 1 fully saturated rings. The zero-order chi connectivity index (χ0) is 29.4. The van der Waals surface area contributed by atoms with Gasteiger partial charge in [-0.25, -0.2) is 4.79 Å². The number of aliphatic hydroxyl groups is 1. The zero-order valence-electron chi connectivity index (χ0n) is 25.0. The molecule has 9 heteroatoms. The van der Waals surface area contributed by atoms with Gasteiger partial charge in [0.1, 0.15) is 17.1 Å². The second-order valence-electron chi connectivity index (χ2n) is 12.0. The normalized spacial score (nSPS) is 21.8. The van der Waals surface area contributed by atoms with Gasteiger partial charge in [0.15, 0.2) is 12.6 Å². The summed E-state index contributed by atoms with van der Waals surface area (Å²) in [6, 6.07) is 4.32. The molecule has 1 unspecified atom stereocenters. The Morgan fingerprint density at radius 1 is 1.13 bits per heavy atom. The average Bonchev–Trinajstić information content (AvgIpc) is 3.13. The number of carboxylic acid groups (broad SMARTS) is 1. The predicted molar refractivity (Wildman–Crippen MR) is 156 cm³/mol. The second kappa shape index (κ2) is 14.5. The zero-order valence-corrected chi connectivity index (χ0v) is 26.0. The van der Waals surface area contributed by atoms with Crippen LogP contribution in [-0.2, 0) is 14.2 Å². The number of benzene rings is 1. The first-order chi connectivity index (χ1) is 18.1. The lowest BCUT2D eigenvalue weighted by molar-refractivity contribution is -0.148. The highest BCUT2D eigenvalue weighted by molar-refractivity contribution is 6.76. The van der Waals surface area contributed by atoms with E-state index in [0.717, 1.165) is 6.04 Å². The third-order valence-electron chi connectivity index (χ3n) is 6.66. The Morgan fingerprint density at radius 3 is 2.41 bits per heavy atom. The first-order valence-corrected chi connectivity index (χ1v) is 17.4. The van der Waals surface area contributed by atoms with E-state index < -0.39 is 25.9 Å². The van der Waals surface area contributed by atoms with Gasteiger partial charge in [0, 0.05) is 27.2 Å². The molecule has 0 radical (unpaired) electrons. The van der Waals surface area contributed by atoms with E-state index in [0.29, 0.717) is 24.3 Å². The second-order valence-corrected chi connectivity index (χ2v) is 17.6. The molecule has 2 rings (SSSR count). The largest absolute Gasteiger partial charge is 0.494 e. The Labute approximate surface area is 235 Å². The third kappa shape index (κ3) is 10.7. The van der Waals surface area contributed by atoms with E-state index in [1.54, 1.807) is 25.1 Å². The van der Waals surface area contributed by atoms with Crippen molar-refractivity contribution in [3.05, 3.63) is 41.5 Å². The van der Waals surface area contributed by atoms with Gasteiger partial charge in [-0.2, -0.15) is 0 Å². The summed E-state index contributed by atoms with van der Waals surface area (Å²) in [6.45, 7) is 16.9. The van der Waals surface area contributed by atoms with E-state index in [9.17, 15) is 15.0 Å². The maximum Gasteiger partial charge on any atom is 0.340 e. The van der Waals surface area contributed by atoms with Crippen LogP contribution in [0.5, 0.6) is 11.5 Å². The van der Waals surface area contributed by atoms with Crippen molar-refractivity contribution >= 4 is 20.1 Å². The average molecular weight is 565 g/mol.